The molecule has 0 atom stereocenters. The second-order valence-electron chi connectivity index (χ2n) is 5.38. The number of phenols is 1. The molecule has 3 aromatic rings. The van der Waals surface area contributed by atoms with Crippen LogP contribution in [0, 0.1) is 0 Å². The lowest BCUT2D eigenvalue weighted by atomic mass is 10.1. The number of aromatic nitrogens is 1. The molecule has 0 saturated heterocycles. The predicted octanol–water partition coefficient (Wildman–Crippen LogP) is 4.64. The summed E-state index contributed by atoms with van der Waals surface area (Å²) in [7, 11) is 1.36. The lowest BCUT2D eigenvalue weighted by molar-refractivity contribution is -0.139. The Hall–Kier alpha value is -2.70. The van der Waals surface area contributed by atoms with E-state index in [0.29, 0.717) is 15.8 Å². The number of aromatic hydroxyl groups is 1. The number of rotatable bonds is 5. The van der Waals surface area contributed by atoms with Gasteiger partial charge in [-0.2, -0.15) is 0 Å². The maximum Gasteiger partial charge on any atom is 0.310 e. The fourth-order valence-corrected chi connectivity index (χ4v) is 3.28. The number of aliphatic imine (C=N–C) groups is 1. The molecule has 0 aliphatic carbocycles. The minimum atomic E-state index is -0.335. The van der Waals surface area contributed by atoms with Crippen LogP contribution in [-0.2, 0) is 16.0 Å². The number of hydrogen-bond donors (Lipinski definition) is 1. The number of ether oxygens (including phenoxy) is 1. The molecule has 0 amide bonds. The molecule has 0 spiro atoms. The average molecular weight is 387 g/mol. The lowest BCUT2D eigenvalue weighted by Gasteiger charge is -2.01. The summed E-state index contributed by atoms with van der Waals surface area (Å²) in [6.45, 7) is 0. The van der Waals surface area contributed by atoms with Gasteiger partial charge in [-0.25, -0.2) is 9.98 Å². The van der Waals surface area contributed by atoms with Crippen molar-refractivity contribution in [2.24, 2.45) is 4.99 Å². The molecule has 0 bridgehead atoms. The van der Waals surface area contributed by atoms with Gasteiger partial charge < -0.3 is 9.84 Å². The van der Waals surface area contributed by atoms with Crippen molar-refractivity contribution in [1.29, 1.82) is 0 Å². The predicted molar refractivity (Wildman–Crippen MR) is 104 cm³/mol. The molecular formula is C19H15ClN2O3S. The van der Waals surface area contributed by atoms with Gasteiger partial charge in [-0.05, 0) is 42.0 Å². The van der Waals surface area contributed by atoms with E-state index in [4.69, 9.17) is 16.3 Å². The Morgan fingerprint density at radius 2 is 1.92 bits per heavy atom. The summed E-state index contributed by atoms with van der Waals surface area (Å²) in [4.78, 5) is 21.4. The van der Waals surface area contributed by atoms with Gasteiger partial charge in [0.15, 0.2) is 0 Å². The fraction of sp³-hybridized carbons (Fsp3) is 0.105. The van der Waals surface area contributed by atoms with Crippen LogP contribution in [-0.4, -0.2) is 29.4 Å². The molecular weight excluding hydrogens is 372 g/mol. The third kappa shape index (κ3) is 4.47. The number of nitrogens with zero attached hydrogens (tertiary/aromatic N) is 2. The van der Waals surface area contributed by atoms with Gasteiger partial charge in [0, 0.05) is 21.7 Å². The second-order valence-corrected chi connectivity index (χ2v) is 6.88. The van der Waals surface area contributed by atoms with Crippen LogP contribution in [0.3, 0.4) is 0 Å². The molecule has 0 aliphatic heterocycles. The number of carbonyl (C=O) groups is 1. The molecule has 0 saturated carbocycles. The van der Waals surface area contributed by atoms with Crippen LogP contribution >= 0.6 is 22.9 Å². The normalized spacial score (nSPS) is 11.0. The van der Waals surface area contributed by atoms with E-state index in [-0.39, 0.29) is 18.1 Å². The molecule has 1 N–H and O–H groups in total. The van der Waals surface area contributed by atoms with Gasteiger partial charge in [0.25, 0.3) is 0 Å². The maximum absolute atomic E-state index is 11.7. The van der Waals surface area contributed by atoms with E-state index in [9.17, 15) is 9.90 Å². The van der Waals surface area contributed by atoms with Gasteiger partial charge in [-0.3, -0.25) is 4.79 Å². The van der Waals surface area contributed by atoms with Crippen molar-refractivity contribution in [1.82, 2.24) is 4.98 Å². The Kier molecular flexibility index (Phi) is 5.65. The van der Waals surface area contributed by atoms with Gasteiger partial charge in [0.1, 0.15) is 5.75 Å². The first-order chi connectivity index (χ1) is 12.5. The van der Waals surface area contributed by atoms with E-state index in [1.165, 1.54) is 18.4 Å². The highest BCUT2D eigenvalue weighted by atomic mass is 35.5. The molecule has 1 heterocycles. The molecule has 0 fully saturated rings. The van der Waals surface area contributed by atoms with Crippen LogP contribution in [0.2, 0.25) is 5.02 Å². The number of thiazole rings is 1. The Morgan fingerprint density at radius 3 is 2.58 bits per heavy atom. The van der Waals surface area contributed by atoms with Crippen LogP contribution in [0.1, 0.15) is 10.4 Å². The first-order valence-electron chi connectivity index (χ1n) is 7.70. The first kappa shape index (κ1) is 18.1. The summed E-state index contributed by atoms with van der Waals surface area (Å²) in [5, 5.41) is 10.5. The quantitative estimate of drug-likeness (QED) is 0.512. The zero-order chi connectivity index (χ0) is 18.5. The Morgan fingerprint density at radius 1 is 1.23 bits per heavy atom. The third-order valence-electron chi connectivity index (χ3n) is 3.55. The zero-order valence-corrected chi connectivity index (χ0v) is 15.4. The lowest BCUT2D eigenvalue weighted by Crippen LogP contribution is -2.03. The number of benzene rings is 2. The van der Waals surface area contributed by atoms with Crippen molar-refractivity contribution < 1.29 is 14.6 Å². The number of halogens is 1. The second kappa shape index (κ2) is 8.12. The monoisotopic (exact) mass is 386 g/mol. The Labute approximate surface area is 159 Å². The molecule has 0 unspecified atom stereocenters. The third-order valence-corrected chi connectivity index (χ3v) is 4.77. The van der Waals surface area contributed by atoms with Crippen molar-refractivity contribution in [3.8, 4) is 17.0 Å². The summed E-state index contributed by atoms with van der Waals surface area (Å²) in [6, 6.07) is 13.9. The van der Waals surface area contributed by atoms with Crippen molar-refractivity contribution in [3.05, 3.63) is 64.0 Å². The fourth-order valence-electron chi connectivity index (χ4n) is 2.24. The van der Waals surface area contributed by atoms with Gasteiger partial charge >= 0.3 is 5.97 Å². The molecule has 7 heteroatoms. The summed E-state index contributed by atoms with van der Waals surface area (Å²) in [5.74, 6) is -0.139. The number of hydrogen-bond acceptors (Lipinski definition) is 6. The molecule has 2 aromatic carbocycles. The van der Waals surface area contributed by atoms with E-state index in [1.807, 2.05) is 12.1 Å². The summed E-state index contributed by atoms with van der Waals surface area (Å²) in [6.07, 6.45) is 1.78. The molecule has 132 valence electrons. The standard InChI is InChI=1S/C19H15ClN2O3S/c1-25-17(24)10-16-18(13-4-6-14(20)7-5-13)22-19(26-16)21-11-12-2-8-15(23)9-3-12/h2-9,11,23H,10H2,1H3/b21-11-. The minimum absolute atomic E-state index is 0.126. The van der Waals surface area contributed by atoms with Crippen LogP contribution in [0.25, 0.3) is 11.3 Å². The first-order valence-corrected chi connectivity index (χ1v) is 8.90. The van der Waals surface area contributed by atoms with Crippen LogP contribution in [0.15, 0.2) is 53.5 Å². The summed E-state index contributed by atoms with van der Waals surface area (Å²) < 4.78 is 4.77. The van der Waals surface area contributed by atoms with E-state index in [0.717, 1.165) is 16.0 Å². The SMILES string of the molecule is COC(=O)Cc1sc(/N=C\c2ccc(O)cc2)nc1-c1ccc(Cl)cc1. The van der Waals surface area contributed by atoms with Gasteiger partial charge in [0.05, 0.1) is 19.2 Å². The van der Waals surface area contributed by atoms with E-state index in [2.05, 4.69) is 9.98 Å². The number of carbonyl (C=O) groups excluding carboxylic acids is 1. The summed E-state index contributed by atoms with van der Waals surface area (Å²) in [5.41, 5.74) is 2.38. The number of esters is 1. The molecule has 26 heavy (non-hydrogen) atoms. The highest BCUT2D eigenvalue weighted by molar-refractivity contribution is 7.15. The van der Waals surface area contributed by atoms with Crippen LogP contribution in [0.4, 0.5) is 5.13 Å². The highest BCUT2D eigenvalue weighted by Gasteiger charge is 2.16. The number of methoxy groups -OCH3 is 1. The maximum atomic E-state index is 11.7. The summed E-state index contributed by atoms with van der Waals surface area (Å²) >= 11 is 7.28. The van der Waals surface area contributed by atoms with Gasteiger partial charge in [-0.1, -0.05) is 35.1 Å². The van der Waals surface area contributed by atoms with Crippen LogP contribution in [0.5, 0.6) is 5.75 Å². The van der Waals surface area contributed by atoms with Crippen molar-refractivity contribution in [2.45, 2.75) is 6.42 Å². The molecule has 3 rings (SSSR count). The number of phenolic OH excluding ortho intramolecular Hbond substituents is 1. The van der Waals surface area contributed by atoms with Gasteiger partial charge in [0.2, 0.25) is 5.13 Å². The van der Waals surface area contributed by atoms with Crippen molar-refractivity contribution in [2.75, 3.05) is 7.11 Å². The smallest absolute Gasteiger partial charge is 0.310 e. The highest BCUT2D eigenvalue weighted by Crippen LogP contribution is 2.33. The average Bonchev–Trinajstić information content (AvgIpc) is 3.04. The molecule has 0 radical (unpaired) electrons. The largest absolute Gasteiger partial charge is 0.508 e. The van der Waals surface area contributed by atoms with Crippen molar-refractivity contribution >= 4 is 40.3 Å². The minimum Gasteiger partial charge on any atom is -0.508 e. The van der Waals surface area contributed by atoms with Crippen molar-refractivity contribution in [3.63, 3.8) is 0 Å². The zero-order valence-electron chi connectivity index (χ0n) is 13.8. The molecule has 5 nitrogen and oxygen atoms in total. The van der Waals surface area contributed by atoms with E-state index in [1.54, 1.807) is 42.6 Å². The van der Waals surface area contributed by atoms with Crippen LogP contribution < -0.4 is 0 Å². The van der Waals surface area contributed by atoms with Gasteiger partial charge in [-0.15, -0.1) is 0 Å². The molecule has 0 aliphatic rings. The molecule has 1 aromatic heterocycles. The Bertz CT molecular complexity index is 934. The topological polar surface area (TPSA) is 71.8 Å². The van der Waals surface area contributed by atoms with E-state index >= 15 is 0 Å². The van der Waals surface area contributed by atoms with E-state index < -0.39 is 0 Å². The Balaban J connectivity index is 1.93.